The van der Waals surface area contributed by atoms with E-state index in [0.29, 0.717) is 11.6 Å². The molecule has 0 saturated heterocycles. The number of nitrogens with one attached hydrogen (secondary N) is 1. The lowest BCUT2D eigenvalue weighted by molar-refractivity contribution is 0.624. The zero-order valence-electron chi connectivity index (χ0n) is 11.6. The predicted molar refractivity (Wildman–Crippen MR) is 79.2 cm³/mol. The molecule has 0 fully saturated rings. The fourth-order valence-electron chi connectivity index (χ4n) is 1.65. The van der Waals surface area contributed by atoms with Gasteiger partial charge in [0.25, 0.3) is 0 Å². The molecule has 1 aromatic heterocycles. The first-order valence-electron chi connectivity index (χ1n) is 6.30. The summed E-state index contributed by atoms with van der Waals surface area (Å²) in [4.78, 5) is 9.71. The van der Waals surface area contributed by atoms with Gasteiger partial charge in [0.1, 0.15) is 22.5 Å². The van der Waals surface area contributed by atoms with Crippen LogP contribution in [0.4, 0.5) is 10.2 Å². The molecule has 4 nitrogen and oxygen atoms in total. The molecule has 2 aromatic rings. The van der Waals surface area contributed by atoms with Crippen molar-refractivity contribution in [1.82, 2.24) is 9.97 Å². The fraction of sp³-hybridized carbons (Fsp3) is 0.286. The third kappa shape index (κ3) is 3.26. The van der Waals surface area contributed by atoms with Crippen molar-refractivity contribution in [3.05, 3.63) is 41.5 Å². The molecule has 0 radical (unpaired) electrons. The Bertz CT molecular complexity index is 616. The van der Waals surface area contributed by atoms with E-state index < -0.39 is 0 Å². The van der Waals surface area contributed by atoms with E-state index in [2.05, 4.69) is 15.4 Å². The molecule has 2 rings (SSSR count). The molecule has 0 saturated carbocycles. The van der Waals surface area contributed by atoms with E-state index in [1.807, 2.05) is 26.8 Å². The molecule has 6 heteroatoms. The Morgan fingerprint density at radius 2 is 2.05 bits per heavy atom. The minimum Gasteiger partial charge on any atom is -0.308 e. The smallest absolute Gasteiger partial charge is 0.147 e. The number of nitrogens with zero attached hydrogens (tertiary/aromatic N) is 2. The number of rotatable bonds is 4. The van der Waals surface area contributed by atoms with Crippen LogP contribution in [0.3, 0.4) is 0 Å². The van der Waals surface area contributed by atoms with Gasteiger partial charge in [-0.05, 0) is 25.1 Å². The Balaban J connectivity index is 2.42. The van der Waals surface area contributed by atoms with Gasteiger partial charge in [-0.15, -0.1) is 0 Å². The van der Waals surface area contributed by atoms with E-state index in [4.69, 9.17) is 5.84 Å². The second-order valence-electron chi connectivity index (χ2n) is 4.72. The molecule has 0 amide bonds. The standard InChI is InChI=1S/C14H17FN4S/c1-8(2)12-17-13(19-16)9(3)14(18-12)20-11-6-4-5-10(15)7-11/h4-8H,16H2,1-3H3,(H,17,18,19). The van der Waals surface area contributed by atoms with E-state index in [0.717, 1.165) is 15.5 Å². The zero-order chi connectivity index (χ0) is 14.7. The minimum atomic E-state index is -0.261. The Kier molecular flexibility index (Phi) is 4.57. The summed E-state index contributed by atoms with van der Waals surface area (Å²) in [5.74, 6) is 6.74. The molecule has 3 N–H and O–H groups in total. The number of nitrogen functional groups attached to an aromatic ring is 1. The highest BCUT2D eigenvalue weighted by atomic mass is 32.2. The Hall–Kier alpha value is -1.66. The molecule has 1 heterocycles. The largest absolute Gasteiger partial charge is 0.308 e. The molecule has 0 atom stereocenters. The highest BCUT2D eigenvalue weighted by Crippen LogP contribution is 2.32. The van der Waals surface area contributed by atoms with Crippen LogP contribution < -0.4 is 11.3 Å². The van der Waals surface area contributed by atoms with Gasteiger partial charge < -0.3 is 5.43 Å². The molecular formula is C14H17FN4S. The summed E-state index contributed by atoms with van der Waals surface area (Å²) >= 11 is 1.40. The SMILES string of the molecule is Cc1c(NN)nc(C(C)C)nc1Sc1cccc(F)c1. The molecule has 0 unspecified atom stereocenters. The van der Waals surface area contributed by atoms with Crippen LogP contribution in [-0.2, 0) is 0 Å². The molecule has 0 bridgehead atoms. The Morgan fingerprint density at radius 3 is 2.65 bits per heavy atom. The van der Waals surface area contributed by atoms with E-state index in [1.54, 1.807) is 6.07 Å². The van der Waals surface area contributed by atoms with Gasteiger partial charge in [-0.3, -0.25) is 0 Å². The first-order valence-corrected chi connectivity index (χ1v) is 7.11. The summed E-state index contributed by atoms with van der Waals surface area (Å²) in [5.41, 5.74) is 3.44. The van der Waals surface area contributed by atoms with E-state index in [9.17, 15) is 4.39 Å². The van der Waals surface area contributed by atoms with Crippen LogP contribution in [0.25, 0.3) is 0 Å². The third-order valence-corrected chi connectivity index (χ3v) is 3.86. The summed E-state index contributed by atoms with van der Waals surface area (Å²) in [7, 11) is 0. The molecule has 1 aromatic carbocycles. The normalized spacial score (nSPS) is 10.9. The number of hydrogen-bond acceptors (Lipinski definition) is 5. The van der Waals surface area contributed by atoms with Crippen molar-refractivity contribution in [3.8, 4) is 0 Å². The highest BCUT2D eigenvalue weighted by Gasteiger charge is 2.13. The molecule has 0 aliphatic rings. The van der Waals surface area contributed by atoms with Gasteiger partial charge in [0, 0.05) is 16.4 Å². The number of hydrazine groups is 1. The van der Waals surface area contributed by atoms with Gasteiger partial charge in [0.2, 0.25) is 0 Å². The molecule has 0 aliphatic carbocycles. The van der Waals surface area contributed by atoms with Gasteiger partial charge in [0.05, 0.1) is 0 Å². The molecule has 106 valence electrons. The molecular weight excluding hydrogens is 275 g/mol. The number of benzene rings is 1. The van der Waals surface area contributed by atoms with Crippen LogP contribution in [-0.4, -0.2) is 9.97 Å². The topological polar surface area (TPSA) is 63.8 Å². The summed E-state index contributed by atoms with van der Waals surface area (Å²) < 4.78 is 13.2. The maximum atomic E-state index is 13.2. The number of aromatic nitrogens is 2. The van der Waals surface area contributed by atoms with Crippen LogP contribution in [0.5, 0.6) is 0 Å². The van der Waals surface area contributed by atoms with Crippen LogP contribution >= 0.6 is 11.8 Å². The fourth-order valence-corrected chi connectivity index (χ4v) is 2.58. The van der Waals surface area contributed by atoms with Crippen LogP contribution in [0.15, 0.2) is 34.2 Å². The van der Waals surface area contributed by atoms with Crippen molar-refractivity contribution in [2.24, 2.45) is 5.84 Å². The second kappa shape index (κ2) is 6.19. The second-order valence-corrected chi connectivity index (χ2v) is 5.78. The van der Waals surface area contributed by atoms with Crippen molar-refractivity contribution < 1.29 is 4.39 Å². The Labute approximate surface area is 122 Å². The van der Waals surface area contributed by atoms with Crippen molar-refractivity contribution in [2.75, 3.05) is 5.43 Å². The minimum absolute atomic E-state index is 0.189. The molecule has 0 spiro atoms. The average molecular weight is 292 g/mol. The summed E-state index contributed by atoms with van der Waals surface area (Å²) in [6, 6.07) is 6.43. The monoisotopic (exact) mass is 292 g/mol. The maximum Gasteiger partial charge on any atom is 0.147 e. The van der Waals surface area contributed by atoms with Crippen molar-refractivity contribution >= 4 is 17.6 Å². The quantitative estimate of drug-likeness (QED) is 0.513. The maximum absolute atomic E-state index is 13.2. The van der Waals surface area contributed by atoms with E-state index in [1.165, 1.54) is 23.9 Å². The average Bonchev–Trinajstić information content (AvgIpc) is 2.41. The third-order valence-electron chi connectivity index (χ3n) is 2.78. The summed E-state index contributed by atoms with van der Waals surface area (Å²) in [6.07, 6.45) is 0. The molecule has 20 heavy (non-hydrogen) atoms. The van der Waals surface area contributed by atoms with Crippen LogP contribution in [0.2, 0.25) is 0 Å². The number of nitrogens with two attached hydrogens (primary N) is 1. The zero-order valence-corrected chi connectivity index (χ0v) is 12.5. The number of hydrogen-bond donors (Lipinski definition) is 2. The summed E-state index contributed by atoms with van der Waals surface area (Å²) in [6.45, 7) is 5.92. The van der Waals surface area contributed by atoms with Crippen LogP contribution in [0.1, 0.15) is 31.2 Å². The van der Waals surface area contributed by atoms with Gasteiger partial charge in [-0.1, -0.05) is 31.7 Å². The van der Waals surface area contributed by atoms with Crippen molar-refractivity contribution in [2.45, 2.75) is 36.6 Å². The van der Waals surface area contributed by atoms with Crippen molar-refractivity contribution in [1.29, 1.82) is 0 Å². The lowest BCUT2D eigenvalue weighted by Crippen LogP contribution is -2.13. The van der Waals surface area contributed by atoms with Crippen LogP contribution in [0, 0.1) is 12.7 Å². The van der Waals surface area contributed by atoms with Gasteiger partial charge >= 0.3 is 0 Å². The van der Waals surface area contributed by atoms with Gasteiger partial charge in [-0.2, -0.15) is 0 Å². The first-order chi connectivity index (χ1) is 9.51. The lowest BCUT2D eigenvalue weighted by atomic mass is 10.2. The number of halogens is 1. The predicted octanol–water partition coefficient (Wildman–Crippen LogP) is 3.48. The number of anilines is 1. The van der Waals surface area contributed by atoms with E-state index in [-0.39, 0.29) is 11.7 Å². The molecule has 0 aliphatic heterocycles. The summed E-state index contributed by atoms with van der Waals surface area (Å²) in [5, 5.41) is 0.780. The Morgan fingerprint density at radius 1 is 1.30 bits per heavy atom. The van der Waals surface area contributed by atoms with Gasteiger partial charge in [-0.25, -0.2) is 20.2 Å². The van der Waals surface area contributed by atoms with Crippen molar-refractivity contribution in [3.63, 3.8) is 0 Å². The van der Waals surface area contributed by atoms with E-state index >= 15 is 0 Å². The van der Waals surface area contributed by atoms with Gasteiger partial charge in [0.15, 0.2) is 0 Å². The lowest BCUT2D eigenvalue weighted by Gasteiger charge is -2.13. The first kappa shape index (κ1) is 14.7. The highest BCUT2D eigenvalue weighted by molar-refractivity contribution is 7.99.